The molecule has 1 rings (SSSR count). The smallest absolute Gasteiger partial charge is 0.106 e. The third-order valence-electron chi connectivity index (χ3n) is 1.96. The molecule has 0 saturated carbocycles. The molecule has 0 heterocycles. The number of hydrogen-bond acceptors (Lipinski definition) is 2. The second-order valence-electron chi connectivity index (χ2n) is 3.35. The molecule has 1 N–H and O–H groups in total. The van der Waals surface area contributed by atoms with Crippen LogP contribution in [0, 0.1) is 5.92 Å². The van der Waals surface area contributed by atoms with Gasteiger partial charge in [-0.3, -0.25) is 0 Å². The van der Waals surface area contributed by atoms with Gasteiger partial charge in [-0.15, -0.1) is 0 Å². The molecule has 0 radical (unpaired) electrons. The summed E-state index contributed by atoms with van der Waals surface area (Å²) in [6.45, 7) is 6.22. The molecule has 2 nitrogen and oxygen atoms in total. The van der Waals surface area contributed by atoms with E-state index in [0.717, 1.165) is 18.6 Å². The van der Waals surface area contributed by atoms with Gasteiger partial charge in [-0.1, -0.05) is 19.6 Å². The zero-order chi connectivity index (χ0) is 8.97. The zero-order valence-electron chi connectivity index (χ0n) is 7.49. The Labute approximate surface area is 73.5 Å². The van der Waals surface area contributed by atoms with E-state index in [9.17, 15) is 5.11 Å². The molecular formula is C10H16O2. The lowest BCUT2D eigenvalue weighted by atomic mass is 9.93. The van der Waals surface area contributed by atoms with Gasteiger partial charge in [-0.2, -0.15) is 0 Å². The first kappa shape index (κ1) is 9.33. The van der Waals surface area contributed by atoms with Crippen LogP contribution in [0.3, 0.4) is 0 Å². The molecule has 0 aromatic carbocycles. The molecule has 2 unspecified atom stereocenters. The van der Waals surface area contributed by atoms with Crippen molar-refractivity contribution in [2.24, 2.45) is 5.92 Å². The molecule has 1 aliphatic rings. The third kappa shape index (κ3) is 2.70. The number of allylic oxidation sites excluding steroid dienone is 1. The maximum Gasteiger partial charge on any atom is 0.106 e. The highest BCUT2D eigenvalue weighted by Crippen LogP contribution is 2.24. The van der Waals surface area contributed by atoms with E-state index in [2.05, 4.69) is 13.5 Å². The van der Waals surface area contributed by atoms with Crippen molar-refractivity contribution in [3.8, 4) is 0 Å². The van der Waals surface area contributed by atoms with Crippen molar-refractivity contribution in [2.45, 2.75) is 25.9 Å². The molecule has 0 aromatic heterocycles. The lowest BCUT2D eigenvalue weighted by Crippen LogP contribution is -2.17. The van der Waals surface area contributed by atoms with E-state index in [1.54, 1.807) is 12.2 Å². The largest absolute Gasteiger partial charge is 0.494 e. The SMILES string of the molecule is C=CCOC1=CC(O)CC(C)C1. The van der Waals surface area contributed by atoms with Crippen molar-refractivity contribution in [3.63, 3.8) is 0 Å². The van der Waals surface area contributed by atoms with Crippen molar-refractivity contribution < 1.29 is 9.84 Å². The van der Waals surface area contributed by atoms with Gasteiger partial charge in [0.1, 0.15) is 6.61 Å². The van der Waals surface area contributed by atoms with Crippen LogP contribution in [0.2, 0.25) is 0 Å². The normalized spacial score (nSPS) is 29.3. The standard InChI is InChI=1S/C10H16O2/c1-3-4-12-10-6-8(2)5-9(11)7-10/h3,7-9,11H,1,4-6H2,2H3. The highest BCUT2D eigenvalue weighted by Gasteiger charge is 2.17. The lowest BCUT2D eigenvalue weighted by Gasteiger charge is -2.22. The van der Waals surface area contributed by atoms with Crippen LogP contribution in [0.25, 0.3) is 0 Å². The maximum atomic E-state index is 9.37. The summed E-state index contributed by atoms with van der Waals surface area (Å²) in [6, 6.07) is 0. The predicted molar refractivity (Wildman–Crippen MR) is 48.6 cm³/mol. The number of rotatable bonds is 3. The fourth-order valence-electron chi connectivity index (χ4n) is 1.46. The first-order chi connectivity index (χ1) is 5.72. The maximum absolute atomic E-state index is 9.37. The fraction of sp³-hybridized carbons (Fsp3) is 0.600. The van der Waals surface area contributed by atoms with Gasteiger partial charge in [0, 0.05) is 6.42 Å². The number of ether oxygens (including phenoxy) is 1. The van der Waals surface area contributed by atoms with Crippen LogP contribution in [-0.4, -0.2) is 17.8 Å². The number of aliphatic hydroxyl groups is 1. The fourth-order valence-corrected chi connectivity index (χ4v) is 1.46. The first-order valence-corrected chi connectivity index (χ1v) is 4.35. The molecule has 1 aliphatic carbocycles. The molecule has 0 spiro atoms. The molecule has 0 aliphatic heterocycles. The molecule has 2 heteroatoms. The van der Waals surface area contributed by atoms with E-state index in [4.69, 9.17) is 4.74 Å². The number of aliphatic hydroxyl groups excluding tert-OH is 1. The molecule has 0 amide bonds. The van der Waals surface area contributed by atoms with Crippen LogP contribution >= 0.6 is 0 Å². The van der Waals surface area contributed by atoms with Gasteiger partial charge in [0.15, 0.2) is 0 Å². The van der Waals surface area contributed by atoms with Gasteiger partial charge < -0.3 is 9.84 Å². The van der Waals surface area contributed by atoms with E-state index in [0.29, 0.717) is 12.5 Å². The van der Waals surface area contributed by atoms with Gasteiger partial charge >= 0.3 is 0 Å². The van der Waals surface area contributed by atoms with Crippen LogP contribution in [0.1, 0.15) is 19.8 Å². The average Bonchev–Trinajstić information content (AvgIpc) is 1.99. The predicted octanol–water partition coefficient (Wildman–Crippen LogP) is 1.86. The Morgan fingerprint density at radius 2 is 2.58 bits per heavy atom. The summed E-state index contributed by atoms with van der Waals surface area (Å²) in [5.74, 6) is 1.42. The van der Waals surface area contributed by atoms with Gasteiger partial charge in [-0.05, 0) is 18.4 Å². The van der Waals surface area contributed by atoms with Crippen molar-refractivity contribution in [1.29, 1.82) is 0 Å². The second kappa shape index (κ2) is 4.31. The van der Waals surface area contributed by atoms with Crippen LogP contribution in [0.5, 0.6) is 0 Å². The van der Waals surface area contributed by atoms with Crippen LogP contribution in [-0.2, 0) is 4.74 Å². The van der Waals surface area contributed by atoms with E-state index < -0.39 is 0 Å². The van der Waals surface area contributed by atoms with Gasteiger partial charge in [0.05, 0.1) is 11.9 Å². The van der Waals surface area contributed by atoms with Crippen LogP contribution in [0.4, 0.5) is 0 Å². The monoisotopic (exact) mass is 168 g/mol. The Bertz CT molecular complexity index is 184. The minimum absolute atomic E-state index is 0.325. The van der Waals surface area contributed by atoms with Crippen molar-refractivity contribution in [2.75, 3.05) is 6.61 Å². The number of hydrogen-bond donors (Lipinski definition) is 1. The van der Waals surface area contributed by atoms with Crippen molar-refractivity contribution >= 4 is 0 Å². The summed E-state index contributed by atoms with van der Waals surface area (Å²) in [5, 5.41) is 9.37. The third-order valence-corrected chi connectivity index (χ3v) is 1.96. The molecule has 0 fully saturated rings. The summed E-state index contributed by atoms with van der Waals surface area (Å²) in [4.78, 5) is 0. The van der Waals surface area contributed by atoms with Gasteiger partial charge in [-0.25, -0.2) is 0 Å². The van der Waals surface area contributed by atoms with Gasteiger partial charge in [0.2, 0.25) is 0 Å². The Morgan fingerprint density at radius 3 is 3.17 bits per heavy atom. The Balaban J connectivity index is 2.45. The average molecular weight is 168 g/mol. The summed E-state index contributed by atoms with van der Waals surface area (Å²) >= 11 is 0. The Kier molecular flexibility index (Phi) is 3.35. The second-order valence-corrected chi connectivity index (χ2v) is 3.35. The quantitative estimate of drug-likeness (QED) is 0.652. The molecule has 0 aromatic rings. The molecule has 0 bridgehead atoms. The lowest BCUT2D eigenvalue weighted by molar-refractivity contribution is 0.143. The summed E-state index contributed by atoms with van der Waals surface area (Å²) in [5.41, 5.74) is 0. The Morgan fingerprint density at radius 1 is 1.83 bits per heavy atom. The molecule has 2 atom stereocenters. The van der Waals surface area contributed by atoms with E-state index in [1.165, 1.54) is 0 Å². The minimum atomic E-state index is -0.325. The molecule has 12 heavy (non-hydrogen) atoms. The molecule has 0 saturated heterocycles. The summed E-state index contributed by atoms with van der Waals surface area (Å²) < 4.78 is 5.36. The molecule has 68 valence electrons. The molecular weight excluding hydrogens is 152 g/mol. The van der Waals surface area contributed by atoms with Crippen LogP contribution < -0.4 is 0 Å². The van der Waals surface area contributed by atoms with Crippen molar-refractivity contribution in [1.82, 2.24) is 0 Å². The minimum Gasteiger partial charge on any atom is -0.494 e. The van der Waals surface area contributed by atoms with E-state index >= 15 is 0 Å². The highest BCUT2D eigenvalue weighted by molar-refractivity contribution is 5.04. The topological polar surface area (TPSA) is 29.5 Å². The first-order valence-electron chi connectivity index (χ1n) is 4.35. The summed E-state index contributed by atoms with van der Waals surface area (Å²) in [6.07, 6.45) is 4.97. The zero-order valence-corrected chi connectivity index (χ0v) is 7.49. The van der Waals surface area contributed by atoms with Crippen molar-refractivity contribution in [3.05, 3.63) is 24.5 Å². The van der Waals surface area contributed by atoms with E-state index in [-0.39, 0.29) is 6.10 Å². The van der Waals surface area contributed by atoms with Gasteiger partial charge in [0.25, 0.3) is 0 Å². The Hall–Kier alpha value is -0.760. The van der Waals surface area contributed by atoms with Crippen LogP contribution in [0.15, 0.2) is 24.5 Å². The summed E-state index contributed by atoms with van der Waals surface area (Å²) in [7, 11) is 0. The van der Waals surface area contributed by atoms with E-state index in [1.807, 2.05) is 0 Å². The highest BCUT2D eigenvalue weighted by atomic mass is 16.5.